The number of hydrogen-bond acceptors (Lipinski definition) is 4. The Labute approximate surface area is 274 Å². The Kier molecular flexibility index (Phi) is 16.6. The summed E-state index contributed by atoms with van der Waals surface area (Å²) in [5.41, 5.74) is 5.05. The van der Waals surface area contributed by atoms with E-state index in [0.29, 0.717) is 0 Å². The van der Waals surface area contributed by atoms with Crippen molar-refractivity contribution in [1.82, 2.24) is 4.98 Å². The van der Waals surface area contributed by atoms with Gasteiger partial charge in [0, 0.05) is 25.3 Å². The first-order valence-electron chi connectivity index (χ1n) is 18.9. The standard InChI is InChI=1S/C40H63N3S/c1-3-5-7-9-10-11-12-13-14-15-16-17-18-19-21-25-34-31-38-40(33-37(34)41-28-22-8-6-4-2)44-39-32-35(26-27-36(39)42-38)43-29-23-20-24-30-43/h26-27,31-33H,3-25,28-30H2,1-2H3/b41-37-. The summed E-state index contributed by atoms with van der Waals surface area (Å²) >= 11 is 1.90. The topological polar surface area (TPSA) is 28.5 Å². The second-order valence-corrected chi connectivity index (χ2v) is 14.6. The molecule has 244 valence electrons. The van der Waals surface area contributed by atoms with Crippen LogP contribution in [-0.2, 0) is 6.42 Å². The lowest BCUT2D eigenvalue weighted by Gasteiger charge is -2.29. The maximum Gasteiger partial charge on any atom is 0.0814 e. The Morgan fingerprint density at radius 2 is 1.25 bits per heavy atom. The smallest absolute Gasteiger partial charge is 0.0814 e. The molecule has 3 aliphatic rings. The van der Waals surface area contributed by atoms with E-state index in [9.17, 15) is 0 Å². The summed E-state index contributed by atoms with van der Waals surface area (Å²) in [6.07, 6.45) is 31.3. The average Bonchev–Trinajstić information content (AvgIpc) is 3.05. The third-order valence-corrected chi connectivity index (χ3v) is 10.7. The molecule has 0 spiro atoms. The van der Waals surface area contributed by atoms with Crippen LogP contribution in [0, 0.1) is 0 Å². The van der Waals surface area contributed by atoms with Gasteiger partial charge in [0.25, 0.3) is 0 Å². The van der Waals surface area contributed by atoms with Crippen molar-refractivity contribution in [2.75, 3.05) is 24.5 Å². The molecule has 2 heterocycles. The van der Waals surface area contributed by atoms with Crippen LogP contribution in [0.1, 0.15) is 161 Å². The van der Waals surface area contributed by atoms with Crippen molar-refractivity contribution in [3.05, 3.63) is 41.3 Å². The van der Waals surface area contributed by atoms with E-state index < -0.39 is 0 Å². The van der Waals surface area contributed by atoms with Crippen molar-refractivity contribution in [2.45, 2.75) is 162 Å². The van der Waals surface area contributed by atoms with E-state index in [1.54, 1.807) is 0 Å². The van der Waals surface area contributed by atoms with Gasteiger partial charge < -0.3 is 4.90 Å². The predicted octanol–water partition coefficient (Wildman–Crippen LogP) is 12.3. The van der Waals surface area contributed by atoms with Gasteiger partial charge in [-0.1, -0.05) is 123 Å². The fourth-order valence-electron chi connectivity index (χ4n) is 6.82. The zero-order valence-electron chi connectivity index (χ0n) is 28.5. The molecule has 0 amide bonds. The van der Waals surface area contributed by atoms with Gasteiger partial charge in [0.05, 0.1) is 26.1 Å². The number of rotatable bonds is 22. The Bertz CT molecular complexity index is 1220. The number of nitrogens with zero attached hydrogens (tertiary/aromatic N) is 3. The fourth-order valence-corrected chi connectivity index (χ4v) is 7.83. The molecule has 2 aliphatic heterocycles. The van der Waals surface area contributed by atoms with Crippen molar-refractivity contribution in [3.8, 4) is 10.6 Å². The van der Waals surface area contributed by atoms with E-state index in [0.717, 1.165) is 24.2 Å². The molecular weight excluding hydrogens is 555 g/mol. The molecule has 4 rings (SSSR count). The lowest BCUT2D eigenvalue weighted by atomic mass is 10.0. The van der Waals surface area contributed by atoms with E-state index >= 15 is 0 Å². The number of piperidine rings is 1. The van der Waals surface area contributed by atoms with Crippen molar-refractivity contribution in [3.63, 3.8) is 0 Å². The molecule has 4 heteroatoms. The van der Waals surface area contributed by atoms with Crippen molar-refractivity contribution >= 4 is 27.2 Å². The maximum atomic E-state index is 5.16. The summed E-state index contributed by atoms with van der Waals surface area (Å²) in [5.74, 6) is 0. The van der Waals surface area contributed by atoms with Crippen LogP contribution in [0.2, 0.25) is 0 Å². The zero-order valence-corrected chi connectivity index (χ0v) is 29.3. The summed E-state index contributed by atoms with van der Waals surface area (Å²) in [6, 6.07) is 11.6. The molecule has 0 saturated carbocycles. The van der Waals surface area contributed by atoms with E-state index in [1.807, 2.05) is 11.3 Å². The number of fused-ring (bicyclic) bond motifs is 2. The summed E-state index contributed by atoms with van der Waals surface area (Å²) in [7, 11) is 0. The molecule has 3 nitrogen and oxygen atoms in total. The van der Waals surface area contributed by atoms with Crippen LogP contribution >= 0.6 is 11.3 Å². The highest BCUT2D eigenvalue weighted by molar-refractivity contribution is 7.21. The molecule has 0 N–H and O–H groups in total. The molecular formula is C40H63N3S. The number of aryl methyl sites for hydroxylation is 1. The molecule has 44 heavy (non-hydrogen) atoms. The number of benzene rings is 2. The highest BCUT2D eigenvalue weighted by Crippen LogP contribution is 2.33. The van der Waals surface area contributed by atoms with Gasteiger partial charge in [-0.15, -0.1) is 11.3 Å². The second-order valence-electron chi connectivity index (χ2n) is 13.5. The van der Waals surface area contributed by atoms with E-state index in [1.165, 1.54) is 181 Å². The van der Waals surface area contributed by atoms with Crippen LogP contribution in [-0.4, -0.2) is 24.6 Å². The molecule has 1 fully saturated rings. The minimum Gasteiger partial charge on any atom is -0.371 e. The lowest BCUT2D eigenvalue weighted by Crippen LogP contribution is -2.29. The minimum atomic E-state index is 0.947. The largest absolute Gasteiger partial charge is 0.371 e. The van der Waals surface area contributed by atoms with Gasteiger partial charge in [0.1, 0.15) is 0 Å². The molecule has 0 aromatic heterocycles. The fraction of sp³-hybridized carbons (Fsp3) is 0.700. The Morgan fingerprint density at radius 1 is 0.659 bits per heavy atom. The number of hydrogen-bond donors (Lipinski definition) is 0. The Morgan fingerprint density at radius 3 is 1.89 bits per heavy atom. The first-order chi connectivity index (χ1) is 21.8. The average molecular weight is 618 g/mol. The summed E-state index contributed by atoms with van der Waals surface area (Å²) in [5, 5.41) is 1.23. The SMILES string of the molecule is CCCCCCCCCCCCCCCCCc1cc2nc3ccc(N4CCCCC4)cc3sc-2c/c1=N/CCCCCC. The summed E-state index contributed by atoms with van der Waals surface area (Å²) in [4.78, 5) is 14.1. The van der Waals surface area contributed by atoms with Crippen LogP contribution in [0.5, 0.6) is 0 Å². The molecule has 0 atom stereocenters. The van der Waals surface area contributed by atoms with Crippen LogP contribution < -0.4 is 10.3 Å². The Hall–Kier alpha value is -1.94. The highest BCUT2D eigenvalue weighted by atomic mass is 32.1. The third kappa shape index (κ3) is 12.1. The molecule has 1 aromatic carbocycles. The van der Waals surface area contributed by atoms with E-state index in [4.69, 9.17) is 9.98 Å². The quantitative estimate of drug-likeness (QED) is 0.0829. The maximum absolute atomic E-state index is 5.16. The number of aromatic nitrogens is 1. The molecule has 1 saturated heterocycles. The van der Waals surface area contributed by atoms with E-state index in [-0.39, 0.29) is 0 Å². The van der Waals surface area contributed by atoms with E-state index in [2.05, 4.69) is 49.1 Å². The van der Waals surface area contributed by atoms with Crippen LogP contribution in [0.3, 0.4) is 0 Å². The lowest BCUT2D eigenvalue weighted by molar-refractivity contribution is 0.532. The van der Waals surface area contributed by atoms with Crippen LogP contribution in [0.4, 0.5) is 5.69 Å². The summed E-state index contributed by atoms with van der Waals surface area (Å²) in [6.45, 7) is 7.90. The number of unbranched alkanes of at least 4 members (excludes halogenated alkanes) is 17. The van der Waals surface area contributed by atoms with Crippen molar-refractivity contribution in [1.29, 1.82) is 0 Å². The van der Waals surface area contributed by atoms with Crippen molar-refractivity contribution in [2.24, 2.45) is 4.99 Å². The first-order valence-corrected chi connectivity index (χ1v) is 19.7. The molecule has 0 radical (unpaired) electrons. The molecule has 0 unspecified atom stereocenters. The predicted molar refractivity (Wildman–Crippen MR) is 196 cm³/mol. The minimum absolute atomic E-state index is 0.947. The van der Waals surface area contributed by atoms with Gasteiger partial charge in [0.2, 0.25) is 0 Å². The molecule has 0 bridgehead atoms. The van der Waals surface area contributed by atoms with Gasteiger partial charge in [-0.3, -0.25) is 4.99 Å². The molecule has 1 aliphatic carbocycles. The van der Waals surface area contributed by atoms with Gasteiger partial charge >= 0.3 is 0 Å². The number of anilines is 1. The summed E-state index contributed by atoms with van der Waals surface area (Å²) < 4.78 is 1.30. The van der Waals surface area contributed by atoms with Gasteiger partial charge in [-0.05, 0) is 74.4 Å². The second kappa shape index (κ2) is 21.0. The van der Waals surface area contributed by atoms with Gasteiger partial charge in [0.15, 0.2) is 0 Å². The van der Waals surface area contributed by atoms with Crippen LogP contribution in [0.25, 0.3) is 20.8 Å². The normalized spacial score (nSPS) is 14.3. The van der Waals surface area contributed by atoms with Crippen LogP contribution in [0.15, 0.2) is 35.3 Å². The zero-order chi connectivity index (χ0) is 30.7. The molecule has 1 aromatic rings. The third-order valence-electron chi connectivity index (χ3n) is 9.63. The Balaban J connectivity index is 1.28. The van der Waals surface area contributed by atoms with Crippen molar-refractivity contribution < 1.29 is 0 Å². The van der Waals surface area contributed by atoms with Gasteiger partial charge in [-0.2, -0.15) is 0 Å². The van der Waals surface area contributed by atoms with Gasteiger partial charge in [-0.25, -0.2) is 4.98 Å². The monoisotopic (exact) mass is 617 g/mol. The first kappa shape index (κ1) is 34.9. The highest BCUT2D eigenvalue weighted by Gasteiger charge is 2.14.